The van der Waals surface area contributed by atoms with Gasteiger partial charge in [0.1, 0.15) is 5.75 Å². The predicted octanol–water partition coefficient (Wildman–Crippen LogP) is 2.23. The molecule has 1 N–H and O–H groups in total. The van der Waals surface area contributed by atoms with E-state index < -0.39 is 0 Å². The Labute approximate surface area is 95.1 Å². The number of carbonyl (C=O) groups is 1. The molecule has 1 saturated carbocycles. The first-order chi connectivity index (χ1) is 7.74. The Morgan fingerprint density at radius 3 is 2.88 bits per heavy atom. The number of hydrogen-bond donors (Lipinski definition) is 1. The maximum absolute atomic E-state index is 11.8. The lowest BCUT2D eigenvalue weighted by Crippen LogP contribution is -2.25. The van der Waals surface area contributed by atoms with E-state index in [0.29, 0.717) is 11.6 Å². The van der Waals surface area contributed by atoms with E-state index in [1.54, 1.807) is 31.4 Å². The van der Waals surface area contributed by atoms with Crippen molar-refractivity contribution in [3.05, 3.63) is 35.9 Å². The number of rotatable bonds is 4. The molecule has 0 saturated heterocycles. The largest absolute Gasteiger partial charge is 0.496 e. The molecule has 1 fully saturated rings. The van der Waals surface area contributed by atoms with Crippen molar-refractivity contribution in [2.75, 3.05) is 7.11 Å². The van der Waals surface area contributed by atoms with Crippen LogP contribution in [0.5, 0.6) is 5.75 Å². The van der Waals surface area contributed by atoms with Crippen molar-refractivity contribution < 1.29 is 9.53 Å². The lowest BCUT2D eigenvalue weighted by molar-refractivity contribution is 0.0951. The maximum atomic E-state index is 11.8. The lowest BCUT2D eigenvalue weighted by Gasteiger charge is -2.08. The molecule has 0 aliphatic heterocycles. The van der Waals surface area contributed by atoms with Crippen molar-refractivity contribution in [2.45, 2.75) is 18.9 Å². The summed E-state index contributed by atoms with van der Waals surface area (Å²) >= 11 is 0. The van der Waals surface area contributed by atoms with Crippen LogP contribution in [0.3, 0.4) is 0 Å². The SMILES string of the molecule is C=Cc1cc(C(=O)NC2CC2)ccc1OC. The quantitative estimate of drug-likeness (QED) is 0.839. The Bertz CT molecular complexity index is 422. The van der Waals surface area contributed by atoms with Crippen LogP contribution >= 0.6 is 0 Å². The molecule has 0 unspecified atom stereocenters. The van der Waals surface area contributed by atoms with Gasteiger partial charge in [0, 0.05) is 17.2 Å². The highest BCUT2D eigenvalue weighted by Crippen LogP contribution is 2.22. The van der Waals surface area contributed by atoms with Gasteiger partial charge in [0.05, 0.1) is 7.11 Å². The molecule has 1 amide bonds. The van der Waals surface area contributed by atoms with E-state index >= 15 is 0 Å². The molecule has 0 atom stereocenters. The summed E-state index contributed by atoms with van der Waals surface area (Å²) in [6.45, 7) is 3.70. The molecule has 2 rings (SSSR count). The third kappa shape index (κ3) is 2.24. The highest BCUT2D eigenvalue weighted by atomic mass is 16.5. The summed E-state index contributed by atoms with van der Waals surface area (Å²) in [5, 5.41) is 2.94. The number of amides is 1. The lowest BCUT2D eigenvalue weighted by atomic mass is 10.1. The summed E-state index contributed by atoms with van der Waals surface area (Å²) in [6, 6.07) is 5.73. The Morgan fingerprint density at radius 2 is 2.31 bits per heavy atom. The number of ether oxygens (including phenoxy) is 1. The van der Waals surface area contributed by atoms with Crippen LogP contribution in [0.25, 0.3) is 6.08 Å². The second kappa shape index (κ2) is 4.39. The summed E-state index contributed by atoms with van der Waals surface area (Å²) < 4.78 is 5.16. The minimum absolute atomic E-state index is 0.0201. The molecule has 3 heteroatoms. The molecular formula is C13H15NO2. The molecular weight excluding hydrogens is 202 g/mol. The maximum Gasteiger partial charge on any atom is 0.251 e. The zero-order valence-electron chi connectivity index (χ0n) is 9.32. The topological polar surface area (TPSA) is 38.3 Å². The van der Waals surface area contributed by atoms with Crippen LogP contribution in [-0.2, 0) is 0 Å². The van der Waals surface area contributed by atoms with Crippen molar-refractivity contribution in [1.29, 1.82) is 0 Å². The Balaban J connectivity index is 2.20. The summed E-state index contributed by atoms with van der Waals surface area (Å²) in [6.07, 6.45) is 3.87. The zero-order valence-corrected chi connectivity index (χ0v) is 9.32. The Hall–Kier alpha value is -1.77. The average molecular weight is 217 g/mol. The van der Waals surface area contributed by atoms with E-state index in [1.807, 2.05) is 0 Å². The molecule has 0 spiro atoms. The van der Waals surface area contributed by atoms with Gasteiger partial charge in [-0.05, 0) is 31.0 Å². The molecule has 3 nitrogen and oxygen atoms in total. The van der Waals surface area contributed by atoms with Crippen LogP contribution < -0.4 is 10.1 Å². The average Bonchev–Trinajstić information content (AvgIpc) is 3.11. The van der Waals surface area contributed by atoms with Crippen LogP contribution in [0.2, 0.25) is 0 Å². The van der Waals surface area contributed by atoms with Crippen molar-refractivity contribution in [2.24, 2.45) is 0 Å². The second-order valence-electron chi connectivity index (χ2n) is 3.91. The fourth-order valence-corrected chi connectivity index (χ4v) is 1.53. The molecule has 1 aromatic carbocycles. The van der Waals surface area contributed by atoms with Crippen LogP contribution in [0.1, 0.15) is 28.8 Å². The van der Waals surface area contributed by atoms with Gasteiger partial charge in [-0.15, -0.1) is 0 Å². The summed E-state index contributed by atoms with van der Waals surface area (Å²) in [5.41, 5.74) is 1.49. The molecule has 1 aliphatic carbocycles. The molecule has 0 bridgehead atoms. The van der Waals surface area contributed by atoms with Crippen LogP contribution in [0.15, 0.2) is 24.8 Å². The molecule has 1 aromatic rings. The predicted molar refractivity (Wildman–Crippen MR) is 63.6 cm³/mol. The molecule has 0 aromatic heterocycles. The van der Waals surface area contributed by atoms with E-state index in [2.05, 4.69) is 11.9 Å². The summed E-state index contributed by atoms with van der Waals surface area (Å²) in [5.74, 6) is 0.714. The van der Waals surface area contributed by atoms with Gasteiger partial charge in [-0.3, -0.25) is 4.79 Å². The highest BCUT2D eigenvalue weighted by Gasteiger charge is 2.23. The number of hydrogen-bond acceptors (Lipinski definition) is 2. The van der Waals surface area contributed by atoms with Crippen molar-refractivity contribution in [3.63, 3.8) is 0 Å². The van der Waals surface area contributed by atoms with Gasteiger partial charge in [-0.25, -0.2) is 0 Å². The smallest absolute Gasteiger partial charge is 0.251 e. The van der Waals surface area contributed by atoms with Gasteiger partial charge < -0.3 is 10.1 Å². The monoisotopic (exact) mass is 217 g/mol. The minimum Gasteiger partial charge on any atom is -0.496 e. The van der Waals surface area contributed by atoms with Crippen LogP contribution in [0.4, 0.5) is 0 Å². The fourth-order valence-electron chi connectivity index (χ4n) is 1.53. The van der Waals surface area contributed by atoms with Crippen molar-refractivity contribution >= 4 is 12.0 Å². The van der Waals surface area contributed by atoms with E-state index in [1.165, 1.54) is 0 Å². The van der Waals surface area contributed by atoms with Gasteiger partial charge in [0.25, 0.3) is 5.91 Å². The first kappa shape index (κ1) is 10.7. The minimum atomic E-state index is -0.0201. The number of methoxy groups -OCH3 is 1. The highest BCUT2D eigenvalue weighted by molar-refractivity contribution is 5.95. The molecule has 0 radical (unpaired) electrons. The van der Waals surface area contributed by atoms with E-state index in [9.17, 15) is 4.79 Å². The van der Waals surface area contributed by atoms with Crippen LogP contribution in [0, 0.1) is 0 Å². The normalized spacial score (nSPS) is 14.3. The summed E-state index contributed by atoms with van der Waals surface area (Å²) in [7, 11) is 1.60. The van der Waals surface area contributed by atoms with Crippen molar-refractivity contribution in [3.8, 4) is 5.75 Å². The number of carbonyl (C=O) groups excluding carboxylic acids is 1. The molecule has 0 heterocycles. The molecule has 16 heavy (non-hydrogen) atoms. The zero-order chi connectivity index (χ0) is 11.5. The van der Waals surface area contributed by atoms with Gasteiger partial charge in [-0.1, -0.05) is 12.7 Å². The number of nitrogens with one attached hydrogen (secondary N) is 1. The second-order valence-corrected chi connectivity index (χ2v) is 3.91. The van der Waals surface area contributed by atoms with Crippen LogP contribution in [-0.4, -0.2) is 19.1 Å². The number of benzene rings is 1. The standard InChI is InChI=1S/C13H15NO2/c1-3-9-8-10(4-7-12(9)16-2)13(15)14-11-5-6-11/h3-4,7-8,11H,1,5-6H2,2H3,(H,14,15). The third-order valence-electron chi connectivity index (χ3n) is 2.62. The van der Waals surface area contributed by atoms with E-state index in [0.717, 1.165) is 24.2 Å². The molecule has 1 aliphatic rings. The van der Waals surface area contributed by atoms with E-state index in [-0.39, 0.29) is 5.91 Å². The Kier molecular flexibility index (Phi) is 2.95. The van der Waals surface area contributed by atoms with Gasteiger partial charge >= 0.3 is 0 Å². The third-order valence-corrected chi connectivity index (χ3v) is 2.62. The Morgan fingerprint density at radius 1 is 1.56 bits per heavy atom. The van der Waals surface area contributed by atoms with Gasteiger partial charge in [0.2, 0.25) is 0 Å². The molecule has 84 valence electrons. The van der Waals surface area contributed by atoms with Crippen molar-refractivity contribution in [1.82, 2.24) is 5.32 Å². The van der Waals surface area contributed by atoms with Gasteiger partial charge in [0.15, 0.2) is 0 Å². The van der Waals surface area contributed by atoms with Gasteiger partial charge in [-0.2, -0.15) is 0 Å². The first-order valence-electron chi connectivity index (χ1n) is 5.36. The van der Waals surface area contributed by atoms with E-state index in [4.69, 9.17) is 4.74 Å². The summed E-state index contributed by atoms with van der Waals surface area (Å²) in [4.78, 5) is 11.8. The first-order valence-corrected chi connectivity index (χ1v) is 5.36. The fraction of sp³-hybridized carbons (Fsp3) is 0.308.